The molecule has 1 aliphatic carbocycles. The average molecular weight is 311 g/mol. The zero-order valence-electron chi connectivity index (χ0n) is 13.0. The van der Waals surface area contributed by atoms with Gasteiger partial charge in [-0.15, -0.1) is 0 Å². The van der Waals surface area contributed by atoms with E-state index in [4.69, 9.17) is 10.5 Å². The smallest absolute Gasteiger partial charge is 0.410 e. The minimum atomic E-state index is -1.56. The molecular weight excluding hydrogens is 294 g/mol. The van der Waals surface area contributed by atoms with Crippen molar-refractivity contribution in [1.29, 1.82) is 15.8 Å². The number of carbonyl (C=O) groups excluding carboxylic acids is 1. The SMILES string of the molecule is CCOC(=O)N1CC=C2C(C#N)=C(N)C(C#N)(C#N)[C@H](C)[C@@H]2C1. The molecule has 1 amide bonds. The van der Waals surface area contributed by atoms with Crippen LogP contribution < -0.4 is 5.73 Å². The second-order valence-electron chi connectivity index (χ2n) is 5.59. The van der Waals surface area contributed by atoms with Crippen molar-refractivity contribution in [3.63, 3.8) is 0 Å². The molecule has 0 aromatic heterocycles. The molecular formula is C16H17N5O2. The van der Waals surface area contributed by atoms with E-state index in [2.05, 4.69) is 0 Å². The Morgan fingerprint density at radius 1 is 1.48 bits per heavy atom. The first-order valence-electron chi connectivity index (χ1n) is 7.31. The first kappa shape index (κ1) is 16.4. The molecule has 0 aromatic carbocycles. The van der Waals surface area contributed by atoms with Gasteiger partial charge in [-0.3, -0.25) is 0 Å². The zero-order valence-corrected chi connectivity index (χ0v) is 13.0. The molecule has 0 aromatic rings. The maximum absolute atomic E-state index is 11.9. The van der Waals surface area contributed by atoms with Crippen molar-refractivity contribution < 1.29 is 9.53 Å². The Morgan fingerprint density at radius 2 is 2.13 bits per heavy atom. The van der Waals surface area contributed by atoms with Gasteiger partial charge in [-0.05, 0) is 12.5 Å². The van der Waals surface area contributed by atoms with E-state index >= 15 is 0 Å². The van der Waals surface area contributed by atoms with E-state index in [0.717, 1.165) is 0 Å². The lowest BCUT2D eigenvalue weighted by molar-refractivity contribution is 0.0959. The van der Waals surface area contributed by atoms with E-state index in [1.54, 1.807) is 19.9 Å². The number of nitriles is 3. The lowest BCUT2D eigenvalue weighted by Gasteiger charge is -2.43. The second kappa shape index (κ2) is 6.02. The third kappa shape index (κ3) is 2.29. The summed E-state index contributed by atoms with van der Waals surface area (Å²) in [5.41, 5.74) is 5.32. The van der Waals surface area contributed by atoms with Crippen LogP contribution in [-0.2, 0) is 4.74 Å². The summed E-state index contributed by atoms with van der Waals surface area (Å²) in [6.07, 6.45) is 1.31. The highest BCUT2D eigenvalue weighted by Gasteiger charge is 2.52. The molecule has 7 nitrogen and oxygen atoms in total. The highest BCUT2D eigenvalue weighted by molar-refractivity contribution is 5.69. The van der Waals surface area contributed by atoms with E-state index in [1.807, 2.05) is 18.2 Å². The van der Waals surface area contributed by atoms with Gasteiger partial charge in [0.2, 0.25) is 0 Å². The van der Waals surface area contributed by atoms with Crippen LogP contribution in [0.3, 0.4) is 0 Å². The van der Waals surface area contributed by atoms with Crippen molar-refractivity contribution in [2.75, 3.05) is 19.7 Å². The van der Waals surface area contributed by atoms with Crippen LogP contribution >= 0.6 is 0 Å². The minimum Gasteiger partial charge on any atom is -0.450 e. The van der Waals surface area contributed by atoms with Crippen molar-refractivity contribution in [2.24, 2.45) is 23.0 Å². The Hall–Kier alpha value is -2.98. The molecule has 2 rings (SSSR count). The lowest BCUT2D eigenvalue weighted by atomic mass is 9.61. The van der Waals surface area contributed by atoms with Crippen LogP contribution in [0.4, 0.5) is 4.79 Å². The summed E-state index contributed by atoms with van der Waals surface area (Å²) in [5.74, 6) is -0.757. The van der Waals surface area contributed by atoms with Gasteiger partial charge in [-0.2, -0.15) is 15.8 Å². The molecule has 2 atom stereocenters. The number of hydrogen-bond donors (Lipinski definition) is 1. The van der Waals surface area contributed by atoms with Gasteiger partial charge >= 0.3 is 6.09 Å². The van der Waals surface area contributed by atoms with Gasteiger partial charge in [0.25, 0.3) is 0 Å². The van der Waals surface area contributed by atoms with Crippen LogP contribution in [0.5, 0.6) is 0 Å². The third-order valence-electron chi connectivity index (χ3n) is 4.61. The number of ether oxygens (including phenoxy) is 1. The van der Waals surface area contributed by atoms with Gasteiger partial charge in [0.05, 0.1) is 30.0 Å². The predicted octanol–water partition coefficient (Wildman–Crippen LogP) is 1.42. The summed E-state index contributed by atoms with van der Waals surface area (Å²) >= 11 is 0. The largest absolute Gasteiger partial charge is 0.450 e. The van der Waals surface area contributed by atoms with Crippen molar-refractivity contribution in [3.8, 4) is 18.2 Å². The first-order chi connectivity index (χ1) is 11.0. The van der Waals surface area contributed by atoms with Crippen LogP contribution in [0.15, 0.2) is 22.9 Å². The molecule has 0 spiro atoms. The Kier molecular flexibility index (Phi) is 4.29. The van der Waals surface area contributed by atoms with Crippen LogP contribution in [0.25, 0.3) is 0 Å². The van der Waals surface area contributed by atoms with E-state index < -0.39 is 17.4 Å². The normalized spacial score (nSPS) is 25.3. The van der Waals surface area contributed by atoms with E-state index in [-0.39, 0.29) is 30.3 Å². The summed E-state index contributed by atoms with van der Waals surface area (Å²) in [7, 11) is 0. The summed E-state index contributed by atoms with van der Waals surface area (Å²) in [5, 5.41) is 28.5. The third-order valence-corrected chi connectivity index (χ3v) is 4.61. The van der Waals surface area contributed by atoms with Gasteiger partial charge in [0.15, 0.2) is 5.41 Å². The molecule has 0 saturated carbocycles. The topological polar surface area (TPSA) is 127 Å². The summed E-state index contributed by atoms with van der Waals surface area (Å²) in [4.78, 5) is 13.4. The first-order valence-corrected chi connectivity index (χ1v) is 7.31. The molecule has 1 aliphatic heterocycles. The minimum absolute atomic E-state index is 0.00425. The molecule has 7 heteroatoms. The lowest BCUT2D eigenvalue weighted by Crippen LogP contribution is -2.49. The summed E-state index contributed by atoms with van der Waals surface area (Å²) < 4.78 is 5.00. The Labute approximate surface area is 134 Å². The fraction of sp³-hybridized carbons (Fsp3) is 0.500. The fourth-order valence-electron chi connectivity index (χ4n) is 3.22. The standard InChI is InChI=1S/C16H17N5O2/c1-3-23-15(22)21-5-4-11-12(6-17)14(20)16(8-18,9-19)10(2)13(11)7-21/h4,10,13H,3,5,7,20H2,1-2H3/t10-,13+/m1/s1. The molecule has 118 valence electrons. The monoisotopic (exact) mass is 311 g/mol. The van der Waals surface area contributed by atoms with Gasteiger partial charge in [0, 0.05) is 24.9 Å². The molecule has 23 heavy (non-hydrogen) atoms. The maximum atomic E-state index is 11.9. The van der Waals surface area contributed by atoms with Crippen molar-refractivity contribution in [3.05, 3.63) is 22.9 Å². The summed E-state index contributed by atoms with van der Waals surface area (Å²) in [6, 6.07) is 5.97. The van der Waals surface area contributed by atoms with Crippen LogP contribution in [0.2, 0.25) is 0 Å². The number of fused-ring (bicyclic) bond motifs is 1. The highest BCUT2D eigenvalue weighted by atomic mass is 16.6. The predicted molar refractivity (Wildman–Crippen MR) is 79.8 cm³/mol. The van der Waals surface area contributed by atoms with Crippen molar-refractivity contribution in [2.45, 2.75) is 13.8 Å². The average Bonchev–Trinajstić information content (AvgIpc) is 2.56. The highest BCUT2D eigenvalue weighted by Crippen LogP contribution is 2.48. The molecule has 0 fully saturated rings. The fourth-order valence-corrected chi connectivity index (χ4v) is 3.22. The van der Waals surface area contributed by atoms with Crippen molar-refractivity contribution in [1.82, 2.24) is 4.90 Å². The number of rotatable bonds is 1. The molecule has 0 unspecified atom stereocenters. The molecule has 0 radical (unpaired) electrons. The number of nitrogens with zero attached hydrogens (tertiary/aromatic N) is 4. The van der Waals surface area contributed by atoms with E-state index in [9.17, 15) is 20.6 Å². The van der Waals surface area contributed by atoms with E-state index in [0.29, 0.717) is 12.1 Å². The summed E-state index contributed by atoms with van der Waals surface area (Å²) in [6.45, 7) is 4.33. The number of hydrogen-bond acceptors (Lipinski definition) is 6. The molecule has 0 saturated heterocycles. The van der Waals surface area contributed by atoms with Crippen LogP contribution in [0, 0.1) is 51.2 Å². The van der Waals surface area contributed by atoms with Gasteiger partial charge in [-0.25, -0.2) is 4.79 Å². The van der Waals surface area contributed by atoms with Gasteiger partial charge < -0.3 is 15.4 Å². The van der Waals surface area contributed by atoms with E-state index in [1.165, 1.54) is 4.90 Å². The van der Waals surface area contributed by atoms with Crippen LogP contribution in [-0.4, -0.2) is 30.7 Å². The number of allylic oxidation sites excluding steroid dienone is 2. The number of amides is 1. The second-order valence-corrected chi connectivity index (χ2v) is 5.59. The van der Waals surface area contributed by atoms with Crippen LogP contribution in [0.1, 0.15) is 13.8 Å². The number of nitrogens with two attached hydrogens (primary N) is 1. The molecule has 2 aliphatic rings. The molecule has 1 heterocycles. The molecule has 2 N–H and O–H groups in total. The molecule has 0 bridgehead atoms. The quantitative estimate of drug-likeness (QED) is 0.780. The Balaban J connectivity index is 2.52. The Bertz CT molecular complexity index is 702. The number of carbonyl (C=O) groups is 1. The maximum Gasteiger partial charge on any atom is 0.410 e. The van der Waals surface area contributed by atoms with Gasteiger partial charge in [-0.1, -0.05) is 13.0 Å². The zero-order chi connectivity index (χ0) is 17.2. The van der Waals surface area contributed by atoms with Crippen molar-refractivity contribution >= 4 is 6.09 Å². The van der Waals surface area contributed by atoms with Gasteiger partial charge in [0.1, 0.15) is 6.07 Å². The Morgan fingerprint density at radius 3 is 2.65 bits per heavy atom.